The van der Waals surface area contributed by atoms with Gasteiger partial charge in [-0.2, -0.15) is 5.10 Å². The second-order valence-corrected chi connectivity index (χ2v) is 12.6. The number of esters is 2. The maximum Gasteiger partial charge on any atom is 0.338 e. The summed E-state index contributed by atoms with van der Waals surface area (Å²) in [4.78, 5) is 44.8. The number of benzene rings is 3. The number of thiazole rings is 1. The number of carbonyl (C=O) groups is 2. The largest absolute Gasteiger partial charge is 0.493 e. The maximum atomic E-state index is 14.5. The monoisotopic (exact) mass is 704 g/mol. The number of nitrogens with zero attached hydrogens (tertiary/aromatic N) is 4. The highest BCUT2D eigenvalue weighted by atomic mass is 32.1. The summed E-state index contributed by atoms with van der Waals surface area (Å²) >= 11 is 1.21. The van der Waals surface area contributed by atoms with Gasteiger partial charge in [-0.15, -0.1) is 0 Å². The van der Waals surface area contributed by atoms with Crippen LogP contribution in [0.4, 0.5) is 0 Å². The molecule has 11 nitrogen and oxygen atoms in total. The minimum Gasteiger partial charge on any atom is -0.493 e. The van der Waals surface area contributed by atoms with Crippen molar-refractivity contribution in [1.29, 1.82) is 0 Å². The van der Waals surface area contributed by atoms with E-state index in [1.54, 1.807) is 48.9 Å². The van der Waals surface area contributed by atoms with E-state index in [1.807, 2.05) is 61.7 Å². The molecule has 3 aromatic carbocycles. The first kappa shape index (κ1) is 34.8. The van der Waals surface area contributed by atoms with Crippen molar-refractivity contribution >= 4 is 29.4 Å². The fourth-order valence-corrected chi connectivity index (χ4v) is 6.92. The second kappa shape index (κ2) is 14.9. The van der Waals surface area contributed by atoms with Gasteiger partial charge < -0.3 is 18.9 Å². The second-order valence-electron chi connectivity index (χ2n) is 11.6. The Balaban J connectivity index is 1.54. The van der Waals surface area contributed by atoms with Crippen LogP contribution in [-0.4, -0.2) is 46.6 Å². The molecule has 6 rings (SSSR count). The zero-order chi connectivity index (χ0) is 36.2. The van der Waals surface area contributed by atoms with E-state index in [-0.39, 0.29) is 29.2 Å². The molecule has 2 aromatic heterocycles. The lowest BCUT2D eigenvalue weighted by atomic mass is 9.95. The van der Waals surface area contributed by atoms with E-state index in [2.05, 4.69) is 6.58 Å². The Labute approximate surface area is 298 Å². The number of allylic oxidation sites excluding steroid dienone is 1. The van der Waals surface area contributed by atoms with Gasteiger partial charge in [-0.25, -0.2) is 14.5 Å². The molecule has 12 heteroatoms. The molecular weight excluding hydrogens is 669 g/mol. The molecule has 0 saturated heterocycles. The fraction of sp³-hybridized carbons (Fsp3) is 0.205. The molecule has 51 heavy (non-hydrogen) atoms. The first-order valence-corrected chi connectivity index (χ1v) is 17.0. The van der Waals surface area contributed by atoms with Crippen LogP contribution in [0.3, 0.4) is 0 Å². The van der Waals surface area contributed by atoms with Gasteiger partial charge in [0.2, 0.25) is 0 Å². The molecule has 0 spiro atoms. The van der Waals surface area contributed by atoms with E-state index >= 15 is 0 Å². The van der Waals surface area contributed by atoms with Gasteiger partial charge in [0.15, 0.2) is 16.3 Å². The van der Waals surface area contributed by atoms with Crippen molar-refractivity contribution < 1.29 is 28.5 Å². The van der Waals surface area contributed by atoms with Gasteiger partial charge in [-0.05, 0) is 80.4 Å². The number of aromatic nitrogens is 3. The molecule has 1 aliphatic rings. The van der Waals surface area contributed by atoms with Crippen LogP contribution in [0.15, 0.2) is 107 Å². The van der Waals surface area contributed by atoms with Crippen molar-refractivity contribution in [1.82, 2.24) is 14.3 Å². The maximum absolute atomic E-state index is 14.5. The smallest absolute Gasteiger partial charge is 0.338 e. The van der Waals surface area contributed by atoms with Crippen LogP contribution < -0.4 is 29.1 Å². The summed E-state index contributed by atoms with van der Waals surface area (Å²) in [7, 11) is 1.45. The number of para-hydroxylation sites is 1. The third-order valence-electron chi connectivity index (χ3n) is 8.13. The highest BCUT2D eigenvalue weighted by Crippen LogP contribution is 2.36. The van der Waals surface area contributed by atoms with Crippen LogP contribution in [0.2, 0.25) is 0 Å². The molecule has 1 atom stereocenters. The van der Waals surface area contributed by atoms with Crippen molar-refractivity contribution in [3.63, 3.8) is 0 Å². The molecule has 0 amide bonds. The number of carbonyl (C=O) groups excluding carboxylic acids is 2. The molecule has 0 aliphatic carbocycles. The van der Waals surface area contributed by atoms with Gasteiger partial charge in [0.1, 0.15) is 18.1 Å². The molecule has 0 saturated carbocycles. The minimum absolute atomic E-state index is 0.135. The minimum atomic E-state index is -0.903. The molecule has 3 heterocycles. The van der Waals surface area contributed by atoms with Crippen LogP contribution in [0, 0.1) is 6.92 Å². The Morgan fingerprint density at radius 1 is 1.02 bits per heavy atom. The zero-order valence-corrected chi connectivity index (χ0v) is 29.7. The Bertz CT molecular complexity index is 2370. The number of aryl methyl sites for hydroxylation is 1. The first-order valence-electron chi connectivity index (χ1n) is 16.2. The van der Waals surface area contributed by atoms with E-state index in [9.17, 15) is 14.4 Å². The Morgan fingerprint density at radius 3 is 2.47 bits per heavy atom. The SMILES string of the molecule is C=CCOc1ccc(-c2nn(-c3ccccc3)cc2/C=c2/sc3n(c2=O)C(c2ccc(OC(C)=O)c(OC)c2)C(C(=O)OCC)=C(C)N=3)cc1C. The lowest BCUT2D eigenvalue weighted by Gasteiger charge is -2.25. The summed E-state index contributed by atoms with van der Waals surface area (Å²) in [6.07, 6.45) is 5.37. The highest BCUT2D eigenvalue weighted by molar-refractivity contribution is 7.07. The van der Waals surface area contributed by atoms with Crippen molar-refractivity contribution in [3.8, 4) is 34.2 Å². The molecule has 1 unspecified atom stereocenters. The van der Waals surface area contributed by atoms with E-state index in [4.69, 9.17) is 29.0 Å². The molecule has 0 radical (unpaired) electrons. The van der Waals surface area contributed by atoms with Crippen LogP contribution in [-0.2, 0) is 14.3 Å². The lowest BCUT2D eigenvalue weighted by molar-refractivity contribution is -0.139. The van der Waals surface area contributed by atoms with Crippen molar-refractivity contribution in [3.05, 3.63) is 133 Å². The molecule has 0 fully saturated rings. The van der Waals surface area contributed by atoms with Gasteiger partial charge in [0.25, 0.3) is 5.56 Å². The number of ether oxygens (including phenoxy) is 4. The summed E-state index contributed by atoms with van der Waals surface area (Å²) in [5.74, 6) is 0.0960. The summed E-state index contributed by atoms with van der Waals surface area (Å²) < 4.78 is 25.7. The summed E-state index contributed by atoms with van der Waals surface area (Å²) in [6.45, 7) is 10.9. The first-order chi connectivity index (χ1) is 24.6. The van der Waals surface area contributed by atoms with E-state index in [1.165, 1.54) is 29.9 Å². The molecule has 0 bridgehead atoms. The lowest BCUT2D eigenvalue weighted by Crippen LogP contribution is -2.40. The molecule has 1 aliphatic heterocycles. The molecule has 5 aromatic rings. The molecule has 0 N–H and O–H groups in total. The summed E-state index contributed by atoms with van der Waals surface area (Å²) in [5.41, 5.74) is 4.79. The quantitative estimate of drug-likeness (QED) is 0.101. The van der Waals surface area contributed by atoms with Gasteiger partial charge in [0.05, 0.1) is 41.2 Å². The van der Waals surface area contributed by atoms with E-state index in [0.717, 1.165) is 22.6 Å². The summed E-state index contributed by atoms with van der Waals surface area (Å²) in [6, 6.07) is 19.5. The Hall–Kier alpha value is -6.01. The number of hydrogen-bond acceptors (Lipinski definition) is 10. The van der Waals surface area contributed by atoms with Gasteiger partial charge in [-0.1, -0.05) is 48.3 Å². The van der Waals surface area contributed by atoms with Crippen molar-refractivity contribution in [2.45, 2.75) is 33.7 Å². The third kappa shape index (κ3) is 7.04. The van der Waals surface area contributed by atoms with Gasteiger partial charge in [-0.3, -0.25) is 14.2 Å². The predicted molar refractivity (Wildman–Crippen MR) is 194 cm³/mol. The van der Waals surface area contributed by atoms with Crippen LogP contribution in [0.1, 0.15) is 43.5 Å². The van der Waals surface area contributed by atoms with Crippen LogP contribution in [0.5, 0.6) is 17.2 Å². The number of methoxy groups -OCH3 is 1. The topological polar surface area (TPSA) is 123 Å². The standard InChI is InChI=1S/C39H36N4O7S/c1-7-18-49-30-16-14-26(19-23(30)3)35-28(22-42(41-35)29-12-10-9-11-13-29)21-33-37(45)43-36(27-15-17-31(50-25(5)44)32(20-27)47-6)34(38(46)48-8-2)24(4)40-39(43)51-33/h7,9-17,19-22,36H,1,8,18H2,2-6H3/b33-21+. The van der Waals surface area contributed by atoms with Gasteiger partial charge >= 0.3 is 11.9 Å². The molecule has 260 valence electrons. The predicted octanol–water partition coefficient (Wildman–Crippen LogP) is 5.46. The average Bonchev–Trinajstić information content (AvgIpc) is 3.67. The van der Waals surface area contributed by atoms with Gasteiger partial charge in [0, 0.05) is 24.2 Å². The normalized spacial score (nSPS) is 14.1. The van der Waals surface area contributed by atoms with Crippen molar-refractivity contribution in [2.75, 3.05) is 20.3 Å². The Kier molecular flexibility index (Phi) is 10.1. The Morgan fingerprint density at radius 2 is 1.78 bits per heavy atom. The zero-order valence-electron chi connectivity index (χ0n) is 28.8. The van der Waals surface area contributed by atoms with Crippen LogP contribution >= 0.6 is 11.3 Å². The number of fused-ring (bicyclic) bond motifs is 1. The number of rotatable bonds is 11. The number of hydrogen-bond donors (Lipinski definition) is 0. The van der Waals surface area contributed by atoms with E-state index < -0.39 is 18.0 Å². The average molecular weight is 705 g/mol. The highest BCUT2D eigenvalue weighted by Gasteiger charge is 2.34. The van der Waals surface area contributed by atoms with Crippen molar-refractivity contribution in [2.24, 2.45) is 4.99 Å². The summed E-state index contributed by atoms with van der Waals surface area (Å²) in [5, 5.41) is 4.95. The third-order valence-corrected chi connectivity index (χ3v) is 9.11. The van der Waals surface area contributed by atoms with Crippen LogP contribution in [0.25, 0.3) is 23.0 Å². The fourth-order valence-electron chi connectivity index (χ4n) is 5.88. The molecular formula is C39H36N4O7S. The van der Waals surface area contributed by atoms with E-state index in [0.29, 0.717) is 38.5 Å².